The van der Waals surface area contributed by atoms with Crippen molar-refractivity contribution in [2.75, 3.05) is 13.1 Å². The van der Waals surface area contributed by atoms with E-state index in [0.717, 1.165) is 38.6 Å². The first-order valence-corrected chi connectivity index (χ1v) is 6.98. The molecule has 0 radical (unpaired) electrons. The molecule has 0 aromatic rings. The van der Waals surface area contributed by atoms with Gasteiger partial charge in [0.1, 0.15) is 0 Å². The van der Waals surface area contributed by atoms with Crippen LogP contribution in [0, 0.1) is 5.41 Å². The maximum atomic E-state index is 10.5. The van der Waals surface area contributed by atoms with Crippen molar-refractivity contribution < 1.29 is 15.0 Å². The average molecular weight is 257 g/mol. The zero-order valence-electron chi connectivity index (χ0n) is 11.7. The Hall–Kier alpha value is -0.610. The van der Waals surface area contributed by atoms with E-state index in [1.165, 1.54) is 0 Å². The average Bonchev–Trinajstić information content (AvgIpc) is 2.70. The van der Waals surface area contributed by atoms with Crippen molar-refractivity contribution in [3.05, 3.63) is 0 Å². The molecular weight excluding hydrogens is 230 g/mol. The van der Waals surface area contributed by atoms with Crippen LogP contribution in [0.2, 0.25) is 0 Å². The summed E-state index contributed by atoms with van der Waals surface area (Å²) in [5.74, 6) is -0.726. The van der Waals surface area contributed by atoms with E-state index >= 15 is 0 Å². The van der Waals surface area contributed by atoms with Crippen LogP contribution in [0.3, 0.4) is 0 Å². The van der Waals surface area contributed by atoms with Gasteiger partial charge in [-0.15, -0.1) is 0 Å². The number of carbonyl (C=O) groups is 1. The summed E-state index contributed by atoms with van der Waals surface area (Å²) in [5.41, 5.74) is -0.450. The fourth-order valence-corrected chi connectivity index (χ4v) is 2.53. The SMILES string of the molecule is CC(C)(CCNCC1(O)CCCC1)CCC(=O)O. The van der Waals surface area contributed by atoms with Crippen LogP contribution >= 0.6 is 0 Å². The fourth-order valence-electron chi connectivity index (χ4n) is 2.53. The van der Waals surface area contributed by atoms with Gasteiger partial charge in [0.05, 0.1) is 5.60 Å². The molecule has 1 rings (SSSR count). The second-order valence-electron chi connectivity index (χ2n) is 6.42. The van der Waals surface area contributed by atoms with Crippen molar-refractivity contribution in [3.63, 3.8) is 0 Å². The van der Waals surface area contributed by atoms with E-state index in [4.69, 9.17) is 5.11 Å². The van der Waals surface area contributed by atoms with Crippen LogP contribution in [0.5, 0.6) is 0 Å². The van der Waals surface area contributed by atoms with E-state index < -0.39 is 11.6 Å². The van der Waals surface area contributed by atoms with Crippen LogP contribution in [-0.4, -0.2) is 34.9 Å². The topological polar surface area (TPSA) is 69.6 Å². The summed E-state index contributed by atoms with van der Waals surface area (Å²) < 4.78 is 0. The minimum atomic E-state index is -0.726. The summed E-state index contributed by atoms with van der Waals surface area (Å²) in [7, 11) is 0. The number of rotatable bonds is 8. The van der Waals surface area contributed by atoms with Crippen LogP contribution < -0.4 is 5.32 Å². The number of nitrogens with one attached hydrogen (secondary N) is 1. The Morgan fingerprint density at radius 3 is 2.44 bits per heavy atom. The zero-order chi connectivity index (χ0) is 13.6. The molecule has 0 heterocycles. The first-order chi connectivity index (χ1) is 8.33. The van der Waals surface area contributed by atoms with Gasteiger partial charge in [0.25, 0.3) is 0 Å². The summed E-state index contributed by atoms with van der Waals surface area (Å²) in [6.45, 7) is 5.71. The lowest BCUT2D eigenvalue weighted by Crippen LogP contribution is -2.39. The molecule has 4 nitrogen and oxygen atoms in total. The Balaban J connectivity index is 2.14. The van der Waals surface area contributed by atoms with E-state index in [1.807, 2.05) is 0 Å². The summed E-state index contributed by atoms with van der Waals surface area (Å²) in [4.78, 5) is 10.5. The number of hydrogen-bond donors (Lipinski definition) is 3. The van der Waals surface area contributed by atoms with E-state index in [2.05, 4.69) is 19.2 Å². The van der Waals surface area contributed by atoms with Gasteiger partial charge in [-0.1, -0.05) is 26.7 Å². The van der Waals surface area contributed by atoms with Crippen molar-refractivity contribution in [1.29, 1.82) is 0 Å². The minimum Gasteiger partial charge on any atom is -0.481 e. The standard InChI is InChI=1S/C14H27NO3/c1-13(2,8-5-12(16)17)9-10-15-11-14(18)6-3-4-7-14/h15,18H,3-11H2,1-2H3,(H,16,17). The lowest BCUT2D eigenvalue weighted by Gasteiger charge is -2.26. The second-order valence-corrected chi connectivity index (χ2v) is 6.42. The van der Waals surface area contributed by atoms with E-state index in [1.54, 1.807) is 0 Å². The number of aliphatic carboxylic acids is 1. The second kappa shape index (κ2) is 6.53. The first kappa shape index (κ1) is 15.4. The molecule has 0 saturated heterocycles. The summed E-state index contributed by atoms with van der Waals surface area (Å²) in [5, 5.41) is 22.1. The Kier molecular flexibility index (Phi) is 5.60. The number of hydrogen-bond acceptors (Lipinski definition) is 3. The molecule has 0 bridgehead atoms. The van der Waals surface area contributed by atoms with Gasteiger partial charge in [0.15, 0.2) is 0 Å². The number of aliphatic hydroxyl groups is 1. The Morgan fingerprint density at radius 1 is 1.28 bits per heavy atom. The van der Waals surface area contributed by atoms with Gasteiger partial charge in [0.2, 0.25) is 0 Å². The summed E-state index contributed by atoms with van der Waals surface area (Å²) in [6.07, 6.45) is 5.94. The van der Waals surface area contributed by atoms with Gasteiger partial charge in [-0.05, 0) is 37.6 Å². The van der Waals surface area contributed by atoms with Crippen molar-refractivity contribution in [1.82, 2.24) is 5.32 Å². The Morgan fingerprint density at radius 2 is 1.89 bits per heavy atom. The lowest BCUT2D eigenvalue weighted by atomic mass is 9.84. The number of carboxylic acid groups (broad SMARTS) is 1. The highest BCUT2D eigenvalue weighted by Crippen LogP contribution is 2.29. The normalized spacial score (nSPS) is 19.1. The predicted molar refractivity (Wildman–Crippen MR) is 71.6 cm³/mol. The highest BCUT2D eigenvalue weighted by molar-refractivity contribution is 5.66. The third-order valence-corrected chi connectivity index (χ3v) is 3.98. The van der Waals surface area contributed by atoms with Gasteiger partial charge in [-0.2, -0.15) is 0 Å². The molecular formula is C14H27NO3. The highest BCUT2D eigenvalue weighted by atomic mass is 16.4. The number of carboxylic acids is 1. The monoisotopic (exact) mass is 257 g/mol. The molecule has 1 aliphatic carbocycles. The first-order valence-electron chi connectivity index (χ1n) is 6.98. The lowest BCUT2D eigenvalue weighted by molar-refractivity contribution is -0.137. The van der Waals surface area contributed by atoms with Gasteiger partial charge < -0.3 is 15.5 Å². The molecule has 0 amide bonds. The van der Waals surface area contributed by atoms with Gasteiger partial charge in [-0.3, -0.25) is 4.79 Å². The Labute approximate surface area is 110 Å². The van der Waals surface area contributed by atoms with Crippen molar-refractivity contribution in [2.24, 2.45) is 5.41 Å². The molecule has 0 atom stereocenters. The molecule has 4 heteroatoms. The molecule has 0 aromatic heterocycles. The summed E-state index contributed by atoms with van der Waals surface area (Å²) in [6, 6.07) is 0. The molecule has 3 N–H and O–H groups in total. The quantitative estimate of drug-likeness (QED) is 0.583. The molecule has 106 valence electrons. The summed E-state index contributed by atoms with van der Waals surface area (Å²) >= 11 is 0. The van der Waals surface area contributed by atoms with Gasteiger partial charge in [-0.25, -0.2) is 0 Å². The van der Waals surface area contributed by atoms with Crippen LogP contribution in [0.4, 0.5) is 0 Å². The molecule has 1 saturated carbocycles. The van der Waals surface area contributed by atoms with Crippen LogP contribution in [0.15, 0.2) is 0 Å². The molecule has 0 aromatic carbocycles. The van der Waals surface area contributed by atoms with Crippen molar-refractivity contribution in [2.45, 2.75) is 64.4 Å². The van der Waals surface area contributed by atoms with Crippen molar-refractivity contribution >= 4 is 5.97 Å². The van der Waals surface area contributed by atoms with E-state index in [-0.39, 0.29) is 11.8 Å². The van der Waals surface area contributed by atoms with E-state index in [0.29, 0.717) is 13.0 Å². The predicted octanol–water partition coefficient (Wildman–Crippen LogP) is 2.16. The van der Waals surface area contributed by atoms with E-state index in [9.17, 15) is 9.90 Å². The van der Waals surface area contributed by atoms with Crippen molar-refractivity contribution in [3.8, 4) is 0 Å². The molecule has 1 fully saturated rings. The van der Waals surface area contributed by atoms with Gasteiger partial charge >= 0.3 is 5.97 Å². The third kappa shape index (κ3) is 5.83. The highest BCUT2D eigenvalue weighted by Gasteiger charge is 2.30. The van der Waals surface area contributed by atoms with Crippen LogP contribution in [0.1, 0.15) is 58.8 Å². The molecule has 0 unspecified atom stereocenters. The molecule has 0 aliphatic heterocycles. The largest absolute Gasteiger partial charge is 0.481 e. The molecule has 18 heavy (non-hydrogen) atoms. The fraction of sp³-hybridized carbons (Fsp3) is 0.929. The third-order valence-electron chi connectivity index (χ3n) is 3.98. The van der Waals surface area contributed by atoms with Crippen LogP contribution in [-0.2, 0) is 4.79 Å². The van der Waals surface area contributed by atoms with Crippen LogP contribution in [0.25, 0.3) is 0 Å². The minimum absolute atomic E-state index is 0.0453. The zero-order valence-corrected chi connectivity index (χ0v) is 11.7. The Bertz CT molecular complexity index is 270. The molecule has 0 spiro atoms. The maximum absolute atomic E-state index is 10.5. The smallest absolute Gasteiger partial charge is 0.303 e. The molecule has 1 aliphatic rings. The van der Waals surface area contributed by atoms with Gasteiger partial charge in [0, 0.05) is 13.0 Å². The maximum Gasteiger partial charge on any atom is 0.303 e.